The molecule has 9 unspecified atom stereocenters. The molecule has 0 aliphatic carbocycles. The van der Waals surface area contributed by atoms with Crippen LogP contribution in [0.3, 0.4) is 0 Å². The predicted octanol–water partition coefficient (Wildman–Crippen LogP) is -1.39. The normalized spacial score (nSPS) is 22.9. The lowest BCUT2D eigenvalue weighted by atomic mass is 9.96. The van der Waals surface area contributed by atoms with Crippen LogP contribution >= 0.6 is 0 Å². The van der Waals surface area contributed by atoms with Crippen LogP contribution in [0.5, 0.6) is 0 Å². The highest BCUT2D eigenvalue weighted by Gasteiger charge is 2.54. The average molecular weight is 1680 g/mol. The first-order chi connectivity index (χ1) is 55.4. The zero-order valence-electron chi connectivity index (χ0n) is 68.8. The van der Waals surface area contributed by atoms with Gasteiger partial charge in [0.1, 0.15) is 56.3 Å². The quantitative estimate of drug-likeness (QED) is 0.0197. The zero-order chi connectivity index (χ0) is 87.3. The molecule has 0 aromatic carbocycles. The van der Waals surface area contributed by atoms with Crippen molar-refractivity contribution in [1.29, 1.82) is 0 Å². The molecule has 3 saturated heterocycles. The van der Waals surface area contributed by atoms with E-state index in [4.69, 9.17) is 76.2 Å². The molecule has 0 aromatic heterocycles. The fraction of sp³-hybridized carbons (Fsp3) is 0.773. The molecular weight excluding hydrogens is 1560 g/mol. The van der Waals surface area contributed by atoms with Gasteiger partial charge in [0.05, 0.1) is 12.7 Å². The van der Waals surface area contributed by atoms with Crippen molar-refractivity contribution in [3.63, 3.8) is 0 Å². The third-order valence-electron chi connectivity index (χ3n) is 17.6. The van der Waals surface area contributed by atoms with Gasteiger partial charge in [-0.25, -0.2) is 0 Å². The highest BCUT2D eigenvalue weighted by atomic mass is 16.7. The summed E-state index contributed by atoms with van der Waals surface area (Å²) in [5, 5.41) is 35.0. The maximum atomic E-state index is 14.4. The molecule has 117 heavy (non-hydrogen) atoms. The molecule has 3 aliphatic rings. The van der Waals surface area contributed by atoms with Gasteiger partial charge in [-0.05, 0) is 70.6 Å². The van der Waals surface area contributed by atoms with E-state index in [0.717, 1.165) is 62.3 Å². The summed E-state index contributed by atoms with van der Waals surface area (Å²) in [6, 6.07) is -3.65. The lowest BCUT2D eigenvalue weighted by Gasteiger charge is -2.44. The summed E-state index contributed by atoms with van der Waals surface area (Å²) in [4.78, 5) is 217. The first-order valence-corrected chi connectivity index (χ1v) is 39.1. The minimum atomic E-state index is -1.38. The summed E-state index contributed by atoms with van der Waals surface area (Å²) >= 11 is 0. The molecular formula is C75H120N8O34. The predicted molar refractivity (Wildman–Crippen MR) is 399 cm³/mol. The van der Waals surface area contributed by atoms with E-state index in [9.17, 15) is 86.6 Å². The summed E-state index contributed by atoms with van der Waals surface area (Å²) in [5.74, 6) is -10.3. The van der Waals surface area contributed by atoms with E-state index in [-0.39, 0.29) is 192 Å². The van der Waals surface area contributed by atoms with Crippen LogP contribution in [0.25, 0.3) is 0 Å². The van der Waals surface area contributed by atoms with Crippen LogP contribution in [-0.2, 0) is 153 Å². The minimum Gasteiger partial charge on any atom is -0.463 e. The van der Waals surface area contributed by atoms with E-state index in [1.54, 1.807) is 9.80 Å². The number of nitrogens with one attached hydrogen (secondary N) is 6. The van der Waals surface area contributed by atoms with Crippen molar-refractivity contribution < 1.29 is 163 Å². The van der Waals surface area contributed by atoms with Crippen molar-refractivity contribution >= 4 is 101 Å². The summed E-state index contributed by atoms with van der Waals surface area (Å²) < 4.78 is 84.8. The van der Waals surface area contributed by atoms with Crippen LogP contribution < -0.4 is 31.9 Å². The number of hydrogen-bond acceptors (Lipinski definition) is 34. The van der Waals surface area contributed by atoms with Crippen LogP contribution in [-0.4, -0.2) is 311 Å². The Balaban J connectivity index is 1.80. The molecule has 8 N–H and O–H groups in total. The Bertz CT molecular complexity index is 3260. The second kappa shape index (κ2) is 55.4. The fourth-order valence-electron chi connectivity index (χ4n) is 12.7. The van der Waals surface area contributed by atoms with Crippen LogP contribution in [0.4, 0.5) is 0 Å². The van der Waals surface area contributed by atoms with Gasteiger partial charge >= 0.3 is 53.7 Å². The smallest absolute Gasteiger partial charge is 0.303 e. The number of carbonyl (C=O) groups is 17. The van der Waals surface area contributed by atoms with Gasteiger partial charge in [-0.15, -0.1) is 0 Å². The third kappa shape index (κ3) is 41.6. The van der Waals surface area contributed by atoms with E-state index in [0.29, 0.717) is 0 Å². The molecule has 0 aromatic rings. The molecule has 0 radical (unpaired) electrons. The van der Waals surface area contributed by atoms with E-state index in [1.807, 2.05) is 0 Å². The molecule has 0 saturated carbocycles. The number of aliphatic hydroxyl groups is 2. The molecule has 16 atom stereocenters. The van der Waals surface area contributed by atoms with Gasteiger partial charge in [0.2, 0.25) is 47.3 Å². The average Bonchev–Trinajstić information content (AvgIpc) is 0.798. The molecule has 3 rings (SSSR count). The Hall–Kier alpha value is -9.33. The monoisotopic (exact) mass is 1680 g/mol. The van der Waals surface area contributed by atoms with Gasteiger partial charge in [0.15, 0.2) is 55.5 Å². The third-order valence-corrected chi connectivity index (χ3v) is 17.6. The summed E-state index contributed by atoms with van der Waals surface area (Å²) in [6.45, 7) is 12.1. The number of esters is 9. The lowest BCUT2D eigenvalue weighted by Crippen LogP contribution is -2.66. The Labute approximate surface area is 679 Å². The van der Waals surface area contributed by atoms with Crippen LogP contribution in [0, 0.1) is 0 Å². The number of unbranched alkanes of at least 4 members (excludes halogenated alkanes) is 4. The summed E-state index contributed by atoms with van der Waals surface area (Å²) in [7, 11) is 0. The van der Waals surface area contributed by atoms with Gasteiger partial charge < -0.3 is 123 Å². The molecule has 8 amide bonds. The largest absolute Gasteiger partial charge is 0.463 e. The van der Waals surface area contributed by atoms with Crippen molar-refractivity contribution in [2.45, 2.75) is 284 Å². The standard InChI is InChI=1S/C75H120N8O34/c1-43(85)79-64-70(112-52(10)94)67(109-49(7)91)56(40-106-46(4)88)115-73(64)103-35-18-15-25-59(98)76-29-21-31-82(62(101)27-14-13-24-61(100)78-38-55(97)39-84)33-23-34-83(63(102)28-17-20-37-105-75-66(81-45(3)87)72(114-54(12)96)69(111-51(9)93)58(117-75)42-108-48(6)90)32-22-30-77-60(99)26-16-19-36-104-74-65(80-44(2)86)71(113-53(11)95)68(110-50(8)92)57(116-74)41-107-47(5)89/h55-58,64-75,84,97H,13-42H2,1-12H3,(H,76,98)(H,77,99)(H,78,100)(H,79,85)(H,80,86)(H,81,87)/t55?,56?,57?,58?,64?,65?,66-,67-,68-,69-,70?,71?,72?,73+,74+,75+/m0/s1. The Morgan fingerprint density at radius 1 is 0.333 bits per heavy atom. The molecule has 3 heterocycles. The van der Waals surface area contributed by atoms with Crippen LogP contribution in [0.15, 0.2) is 0 Å². The summed E-state index contributed by atoms with van der Waals surface area (Å²) in [5.41, 5.74) is 0. The number of aliphatic hydroxyl groups excluding tert-OH is 2. The molecule has 42 heteroatoms. The Morgan fingerprint density at radius 3 is 0.880 bits per heavy atom. The number of rotatable bonds is 53. The Kier molecular flexibility index (Phi) is 48.2. The van der Waals surface area contributed by atoms with E-state index in [1.165, 1.54) is 20.8 Å². The number of ether oxygens (including phenoxy) is 15. The number of amides is 8. The van der Waals surface area contributed by atoms with Gasteiger partial charge in [-0.3, -0.25) is 81.5 Å². The number of nitrogens with zero attached hydrogens (tertiary/aromatic N) is 2. The molecule has 3 fully saturated rings. The maximum absolute atomic E-state index is 14.4. The Morgan fingerprint density at radius 2 is 0.598 bits per heavy atom. The van der Waals surface area contributed by atoms with E-state index in [2.05, 4.69) is 31.9 Å². The van der Waals surface area contributed by atoms with Gasteiger partial charge in [0, 0.05) is 181 Å². The highest BCUT2D eigenvalue weighted by molar-refractivity contribution is 5.79. The second-order valence-electron chi connectivity index (χ2n) is 28.0. The van der Waals surface area contributed by atoms with Crippen LogP contribution in [0.1, 0.15) is 186 Å². The first kappa shape index (κ1) is 102. The van der Waals surface area contributed by atoms with Gasteiger partial charge in [0.25, 0.3) is 0 Å². The molecule has 664 valence electrons. The second-order valence-corrected chi connectivity index (χ2v) is 28.0. The lowest BCUT2D eigenvalue weighted by molar-refractivity contribution is -0.277. The van der Waals surface area contributed by atoms with E-state index < -0.39 is 202 Å². The van der Waals surface area contributed by atoms with Crippen molar-refractivity contribution in [3.05, 3.63) is 0 Å². The topological polar surface area (TPSA) is 548 Å². The first-order valence-electron chi connectivity index (χ1n) is 39.1. The van der Waals surface area contributed by atoms with Crippen molar-refractivity contribution in [1.82, 2.24) is 41.7 Å². The van der Waals surface area contributed by atoms with Crippen molar-refractivity contribution in [3.8, 4) is 0 Å². The maximum Gasteiger partial charge on any atom is 0.303 e. The molecule has 3 aliphatic heterocycles. The zero-order valence-corrected chi connectivity index (χ0v) is 68.8. The minimum absolute atomic E-state index is 0.00625. The van der Waals surface area contributed by atoms with Gasteiger partial charge in [-0.1, -0.05) is 0 Å². The summed E-state index contributed by atoms with van der Waals surface area (Å²) in [6.07, 6.45) is -14.0. The molecule has 0 bridgehead atoms. The molecule has 0 spiro atoms. The van der Waals surface area contributed by atoms with Crippen molar-refractivity contribution in [2.75, 3.05) is 92.1 Å². The molecule has 42 nitrogen and oxygen atoms in total. The SMILES string of the molecule is CC(=O)NC1C(OC(C)=O)[C@@H](OC(C)=O)C(COC(C)=O)O[C@H]1OCCCCC(=O)NCCCN(CCCN(CCCNC(=O)CCCCO[C@@H]1OC(COC(C)=O)[C@H](OC(C)=O)C(OC(C)=O)C1NC(C)=O)C(=O)CCCCC(=O)NCC(O)CO)C(=O)CCCCO[C@@H]1OC(COC(C)=O)[C@H](OC(C)=O)C(OC(C)=O)[C@@H]1NC(C)=O. The van der Waals surface area contributed by atoms with Crippen molar-refractivity contribution in [2.24, 2.45) is 0 Å². The van der Waals surface area contributed by atoms with E-state index >= 15 is 0 Å². The fourth-order valence-corrected chi connectivity index (χ4v) is 12.7. The highest BCUT2D eigenvalue weighted by Crippen LogP contribution is 2.32. The van der Waals surface area contributed by atoms with Gasteiger partial charge in [-0.2, -0.15) is 0 Å². The number of hydrogen-bond donors (Lipinski definition) is 8. The number of carbonyl (C=O) groups excluding carboxylic acids is 17. The van der Waals surface area contributed by atoms with Crippen LogP contribution in [0.2, 0.25) is 0 Å².